The number of nitrogens with zero attached hydrogens (tertiary/aromatic N) is 1. The number of thiazole rings is 1. The number of aromatic nitrogens is 1. The number of hydrogen-bond acceptors (Lipinski definition) is 4. The number of thiophene rings is 1. The Morgan fingerprint density at radius 1 is 1.32 bits per heavy atom. The zero-order valence-corrected chi connectivity index (χ0v) is 17.4. The quantitative estimate of drug-likeness (QED) is 0.428. The molecule has 0 aliphatic rings. The lowest BCUT2D eigenvalue weighted by atomic mass is 10.1. The Morgan fingerprint density at radius 2 is 2.16 bits per heavy atom. The summed E-state index contributed by atoms with van der Waals surface area (Å²) < 4.78 is 1.00. The average Bonchev–Trinajstić information content (AvgIpc) is 3.17. The van der Waals surface area contributed by atoms with Gasteiger partial charge in [0.25, 0.3) is 0 Å². The van der Waals surface area contributed by atoms with E-state index in [0.29, 0.717) is 21.6 Å². The predicted molar refractivity (Wildman–Crippen MR) is 111 cm³/mol. The molecule has 0 atom stereocenters. The van der Waals surface area contributed by atoms with Gasteiger partial charge < -0.3 is 0 Å². The topological polar surface area (TPSA) is 42.0 Å². The fourth-order valence-corrected chi connectivity index (χ4v) is 4.67. The molecule has 1 N–H and O–H groups in total. The van der Waals surface area contributed by atoms with Gasteiger partial charge in [-0.05, 0) is 45.8 Å². The van der Waals surface area contributed by atoms with Gasteiger partial charge in [-0.3, -0.25) is 10.1 Å². The third-order valence-electron chi connectivity index (χ3n) is 3.15. The molecule has 2 heterocycles. The molecule has 0 radical (unpaired) electrons. The molecule has 0 saturated heterocycles. The molecule has 8 heteroatoms. The summed E-state index contributed by atoms with van der Waals surface area (Å²) in [6.07, 6.45) is 5.65. The van der Waals surface area contributed by atoms with Gasteiger partial charge in [-0.2, -0.15) is 0 Å². The first kappa shape index (κ1) is 18.6. The van der Waals surface area contributed by atoms with Gasteiger partial charge in [-0.15, -0.1) is 22.7 Å². The molecule has 3 nitrogen and oxygen atoms in total. The number of carbonyl (C=O) groups is 1. The first-order valence-corrected chi connectivity index (χ1v) is 10.4. The van der Waals surface area contributed by atoms with Crippen LogP contribution in [0.5, 0.6) is 0 Å². The predicted octanol–water partition coefficient (Wildman–Crippen LogP) is 6.52. The molecule has 1 amide bonds. The van der Waals surface area contributed by atoms with Crippen molar-refractivity contribution in [2.75, 3.05) is 5.32 Å². The van der Waals surface area contributed by atoms with E-state index in [-0.39, 0.29) is 5.91 Å². The maximum absolute atomic E-state index is 12.0. The SMILES string of the molecule is O=C(/C=C/c1cc(Br)cs1)Nc1ncc(Cc2ccc(Cl)cc2Cl)s1. The van der Waals surface area contributed by atoms with Crippen LogP contribution in [0.2, 0.25) is 10.0 Å². The van der Waals surface area contributed by atoms with Crippen molar-refractivity contribution in [2.45, 2.75) is 6.42 Å². The van der Waals surface area contributed by atoms with Crippen LogP contribution in [0.4, 0.5) is 5.13 Å². The lowest BCUT2D eigenvalue weighted by molar-refractivity contribution is -0.111. The van der Waals surface area contributed by atoms with Gasteiger partial charge in [0.15, 0.2) is 5.13 Å². The zero-order chi connectivity index (χ0) is 17.8. The smallest absolute Gasteiger partial charge is 0.250 e. The van der Waals surface area contributed by atoms with E-state index in [4.69, 9.17) is 23.2 Å². The molecule has 25 heavy (non-hydrogen) atoms. The van der Waals surface area contributed by atoms with Crippen LogP contribution in [0.3, 0.4) is 0 Å². The Bertz CT molecular complexity index is 936. The second-order valence-electron chi connectivity index (χ2n) is 5.03. The molecule has 0 unspecified atom stereocenters. The molecule has 0 bridgehead atoms. The molecular formula is C17H11BrCl2N2OS2. The fraction of sp³-hybridized carbons (Fsp3) is 0.0588. The van der Waals surface area contributed by atoms with Gasteiger partial charge in [0.05, 0.1) is 0 Å². The van der Waals surface area contributed by atoms with Crippen LogP contribution in [0.25, 0.3) is 6.08 Å². The van der Waals surface area contributed by atoms with Gasteiger partial charge in [0.1, 0.15) is 0 Å². The Kier molecular flexibility index (Phi) is 6.30. The maximum Gasteiger partial charge on any atom is 0.250 e. The van der Waals surface area contributed by atoms with Crippen molar-refractivity contribution in [2.24, 2.45) is 0 Å². The highest BCUT2D eigenvalue weighted by Crippen LogP contribution is 2.27. The number of rotatable bonds is 5. The summed E-state index contributed by atoms with van der Waals surface area (Å²) in [7, 11) is 0. The standard InChI is InChI=1S/C17H11BrCl2N2OS2/c18-11-6-13(24-9-11)3-4-16(23)22-17-21-8-14(25-17)5-10-1-2-12(19)7-15(10)20/h1-4,6-9H,5H2,(H,21,22,23)/b4-3+. The van der Waals surface area contributed by atoms with E-state index in [1.54, 1.807) is 35.7 Å². The van der Waals surface area contributed by atoms with Crippen LogP contribution >= 0.6 is 61.8 Å². The lowest BCUT2D eigenvalue weighted by Gasteiger charge is -2.02. The Morgan fingerprint density at radius 3 is 2.88 bits per heavy atom. The number of hydrogen-bond donors (Lipinski definition) is 1. The maximum atomic E-state index is 12.0. The highest BCUT2D eigenvalue weighted by atomic mass is 79.9. The minimum Gasteiger partial charge on any atom is -0.298 e. The summed E-state index contributed by atoms with van der Waals surface area (Å²) >= 11 is 18.5. The van der Waals surface area contributed by atoms with E-state index < -0.39 is 0 Å². The van der Waals surface area contributed by atoms with Gasteiger partial charge in [-0.1, -0.05) is 29.3 Å². The molecule has 0 aliphatic carbocycles. The minimum absolute atomic E-state index is 0.213. The molecule has 2 aromatic heterocycles. The third-order valence-corrected chi connectivity index (χ3v) is 6.31. The van der Waals surface area contributed by atoms with Gasteiger partial charge in [0, 0.05) is 48.3 Å². The Labute approximate surface area is 171 Å². The first-order chi connectivity index (χ1) is 12.0. The number of halogens is 3. The van der Waals surface area contributed by atoms with Crippen LogP contribution in [0.1, 0.15) is 15.3 Å². The number of nitrogens with one attached hydrogen (secondary N) is 1. The number of anilines is 1. The zero-order valence-electron chi connectivity index (χ0n) is 12.6. The van der Waals surface area contributed by atoms with E-state index in [1.807, 2.05) is 17.5 Å². The van der Waals surface area contributed by atoms with Crippen molar-refractivity contribution < 1.29 is 4.79 Å². The van der Waals surface area contributed by atoms with E-state index in [0.717, 1.165) is 19.8 Å². The molecule has 0 saturated carbocycles. The Hall–Kier alpha value is -1.18. The van der Waals surface area contributed by atoms with Crippen LogP contribution < -0.4 is 5.32 Å². The molecule has 1 aromatic carbocycles. The summed E-state index contributed by atoms with van der Waals surface area (Å²) in [4.78, 5) is 18.2. The number of carbonyl (C=O) groups excluding carboxylic acids is 1. The minimum atomic E-state index is -0.213. The van der Waals surface area contributed by atoms with Crippen molar-refractivity contribution in [1.29, 1.82) is 0 Å². The molecule has 0 aliphatic heterocycles. The molecule has 0 fully saturated rings. The summed E-state index contributed by atoms with van der Waals surface area (Å²) in [5, 5.41) is 6.52. The molecule has 0 spiro atoms. The number of benzene rings is 1. The molecule has 3 rings (SSSR count). The van der Waals surface area contributed by atoms with Crippen LogP contribution in [0.15, 0.2) is 46.4 Å². The van der Waals surface area contributed by atoms with E-state index >= 15 is 0 Å². The first-order valence-electron chi connectivity index (χ1n) is 7.11. The van der Waals surface area contributed by atoms with Crippen LogP contribution in [0, 0.1) is 0 Å². The molecular weight excluding hydrogens is 463 g/mol. The van der Waals surface area contributed by atoms with Crippen molar-refractivity contribution >= 4 is 78.9 Å². The largest absolute Gasteiger partial charge is 0.298 e. The lowest BCUT2D eigenvalue weighted by Crippen LogP contribution is -2.06. The van der Waals surface area contributed by atoms with Crippen LogP contribution in [-0.4, -0.2) is 10.9 Å². The number of amides is 1. The van der Waals surface area contributed by atoms with Crippen LogP contribution in [-0.2, 0) is 11.2 Å². The monoisotopic (exact) mass is 472 g/mol. The summed E-state index contributed by atoms with van der Waals surface area (Å²) in [5.74, 6) is -0.213. The van der Waals surface area contributed by atoms with Gasteiger partial charge >= 0.3 is 0 Å². The molecule has 128 valence electrons. The average molecular weight is 474 g/mol. The van der Waals surface area contributed by atoms with Crippen molar-refractivity contribution in [3.05, 3.63) is 71.8 Å². The second-order valence-corrected chi connectivity index (χ2v) is 8.85. The van der Waals surface area contributed by atoms with Crippen molar-refractivity contribution in [3.63, 3.8) is 0 Å². The highest BCUT2D eigenvalue weighted by molar-refractivity contribution is 9.10. The van der Waals surface area contributed by atoms with Gasteiger partial charge in [0.2, 0.25) is 5.91 Å². The van der Waals surface area contributed by atoms with E-state index in [9.17, 15) is 4.79 Å². The third kappa shape index (κ3) is 5.39. The Balaban J connectivity index is 1.61. The summed E-state index contributed by atoms with van der Waals surface area (Å²) in [5.41, 5.74) is 0.968. The fourth-order valence-electron chi connectivity index (χ4n) is 2.02. The van der Waals surface area contributed by atoms with Crippen molar-refractivity contribution in [1.82, 2.24) is 4.98 Å². The van der Waals surface area contributed by atoms with Gasteiger partial charge in [-0.25, -0.2) is 4.98 Å². The van der Waals surface area contributed by atoms with Crippen molar-refractivity contribution in [3.8, 4) is 0 Å². The molecule has 3 aromatic rings. The summed E-state index contributed by atoms with van der Waals surface area (Å²) in [6, 6.07) is 7.37. The van der Waals surface area contributed by atoms with E-state index in [2.05, 4.69) is 26.2 Å². The summed E-state index contributed by atoms with van der Waals surface area (Å²) in [6.45, 7) is 0. The second kappa shape index (κ2) is 8.47. The van der Waals surface area contributed by atoms with E-state index in [1.165, 1.54) is 17.4 Å². The highest BCUT2D eigenvalue weighted by Gasteiger charge is 2.08. The normalized spacial score (nSPS) is 11.2.